The van der Waals surface area contributed by atoms with Crippen LogP contribution >= 0.6 is 15.9 Å². The predicted octanol–water partition coefficient (Wildman–Crippen LogP) is 3.59. The van der Waals surface area contributed by atoms with E-state index in [0.29, 0.717) is 5.92 Å². The van der Waals surface area contributed by atoms with Crippen LogP contribution in [0.2, 0.25) is 0 Å². The monoisotopic (exact) mass is 241 g/mol. The topological polar surface area (TPSA) is 26.0 Å². The van der Waals surface area contributed by atoms with E-state index in [2.05, 4.69) is 48.0 Å². The van der Waals surface area contributed by atoms with Crippen molar-refractivity contribution in [3.05, 3.63) is 33.8 Å². The Balaban J connectivity index is 3.11. The maximum absolute atomic E-state index is 5.85. The molecule has 0 aliphatic rings. The van der Waals surface area contributed by atoms with Crippen LogP contribution in [0.5, 0.6) is 0 Å². The van der Waals surface area contributed by atoms with Gasteiger partial charge in [-0.1, -0.05) is 41.9 Å². The van der Waals surface area contributed by atoms with Crippen molar-refractivity contribution in [2.45, 2.75) is 32.7 Å². The van der Waals surface area contributed by atoms with Crippen LogP contribution in [0.1, 0.15) is 43.9 Å². The molecule has 13 heavy (non-hydrogen) atoms. The quantitative estimate of drug-likeness (QED) is 0.842. The molecule has 0 bridgehead atoms. The Morgan fingerprint density at radius 2 is 1.85 bits per heavy atom. The average Bonchev–Trinajstić information content (AvgIpc) is 2.04. The number of benzene rings is 1. The molecule has 1 rings (SSSR count). The van der Waals surface area contributed by atoms with E-state index in [9.17, 15) is 0 Å². The Labute approximate surface area is 88.5 Å². The van der Waals surface area contributed by atoms with Gasteiger partial charge in [0.15, 0.2) is 0 Å². The Kier molecular flexibility index (Phi) is 3.51. The van der Waals surface area contributed by atoms with E-state index in [1.54, 1.807) is 0 Å². The summed E-state index contributed by atoms with van der Waals surface area (Å²) in [7, 11) is 0. The van der Waals surface area contributed by atoms with Gasteiger partial charge in [0.25, 0.3) is 0 Å². The molecule has 1 aromatic carbocycles. The third kappa shape index (κ3) is 2.55. The predicted molar refractivity (Wildman–Crippen MR) is 60.8 cm³/mol. The lowest BCUT2D eigenvalue weighted by molar-refractivity contribution is 0.798. The minimum atomic E-state index is 0.0908. The molecule has 0 fully saturated rings. The molecule has 1 aromatic rings. The van der Waals surface area contributed by atoms with Crippen LogP contribution in [-0.2, 0) is 0 Å². The maximum Gasteiger partial charge on any atom is 0.0277 e. The van der Waals surface area contributed by atoms with Gasteiger partial charge >= 0.3 is 0 Å². The van der Waals surface area contributed by atoms with Gasteiger partial charge in [0.1, 0.15) is 0 Å². The minimum absolute atomic E-state index is 0.0908. The summed E-state index contributed by atoms with van der Waals surface area (Å²) >= 11 is 3.50. The Morgan fingerprint density at radius 3 is 2.31 bits per heavy atom. The van der Waals surface area contributed by atoms with Crippen molar-refractivity contribution in [2.75, 3.05) is 0 Å². The second-order valence-corrected chi connectivity index (χ2v) is 4.58. The van der Waals surface area contributed by atoms with Gasteiger partial charge in [0, 0.05) is 10.5 Å². The second-order valence-electron chi connectivity index (χ2n) is 3.72. The van der Waals surface area contributed by atoms with Crippen molar-refractivity contribution in [3.63, 3.8) is 0 Å². The fourth-order valence-corrected chi connectivity index (χ4v) is 1.88. The summed E-state index contributed by atoms with van der Waals surface area (Å²) in [6.07, 6.45) is 0. The first-order valence-electron chi connectivity index (χ1n) is 4.57. The van der Waals surface area contributed by atoms with E-state index < -0.39 is 0 Å². The summed E-state index contributed by atoms with van der Waals surface area (Å²) in [5.74, 6) is 0.561. The van der Waals surface area contributed by atoms with E-state index in [0.717, 1.165) is 4.47 Å². The highest BCUT2D eigenvalue weighted by molar-refractivity contribution is 9.10. The highest BCUT2D eigenvalue weighted by Gasteiger charge is 2.07. The summed E-state index contributed by atoms with van der Waals surface area (Å²) in [4.78, 5) is 0. The van der Waals surface area contributed by atoms with Crippen LogP contribution in [0.25, 0.3) is 0 Å². The number of hydrogen-bond donors (Lipinski definition) is 1. The zero-order chi connectivity index (χ0) is 10.0. The highest BCUT2D eigenvalue weighted by atomic mass is 79.9. The first kappa shape index (κ1) is 10.7. The van der Waals surface area contributed by atoms with Gasteiger partial charge in [-0.3, -0.25) is 0 Å². The van der Waals surface area contributed by atoms with Crippen molar-refractivity contribution in [1.82, 2.24) is 0 Å². The molecule has 2 N–H and O–H groups in total. The van der Waals surface area contributed by atoms with Crippen molar-refractivity contribution in [3.8, 4) is 0 Å². The summed E-state index contributed by atoms with van der Waals surface area (Å²) in [5.41, 5.74) is 8.38. The number of nitrogens with two attached hydrogens (primary N) is 1. The minimum Gasteiger partial charge on any atom is -0.324 e. The van der Waals surface area contributed by atoms with Gasteiger partial charge in [-0.05, 0) is 30.0 Å². The van der Waals surface area contributed by atoms with Crippen LogP contribution in [0.3, 0.4) is 0 Å². The SMILES string of the molecule is CC(C)c1ccc(Br)c(C(C)N)c1. The van der Waals surface area contributed by atoms with Crippen molar-refractivity contribution in [1.29, 1.82) is 0 Å². The average molecular weight is 242 g/mol. The van der Waals surface area contributed by atoms with Crippen molar-refractivity contribution in [2.24, 2.45) is 5.73 Å². The standard InChI is InChI=1S/C11H16BrN/c1-7(2)9-4-5-11(12)10(6-9)8(3)13/h4-8H,13H2,1-3H3. The van der Waals surface area contributed by atoms with Gasteiger partial charge in [0.2, 0.25) is 0 Å². The molecule has 0 radical (unpaired) electrons. The van der Waals surface area contributed by atoms with Crippen LogP contribution < -0.4 is 5.73 Å². The second kappa shape index (κ2) is 4.25. The fourth-order valence-electron chi connectivity index (χ4n) is 1.27. The van der Waals surface area contributed by atoms with Gasteiger partial charge in [0.05, 0.1) is 0 Å². The molecule has 0 aliphatic carbocycles. The first-order chi connectivity index (χ1) is 6.02. The van der Waals surface area contributed by atoms with E-state index in [1.807, 2.05) is 6.92 Å². The molecule has 1 nitrogen and oxygen atoms in total. The highest BCUT2D eigenvalue weighted by Crippen LogP contribution is 2.26. The molecule has 0 saturated carbocycles. The largest absolute Gasteiger partial charge is 0.324 e. The summed E-state index contributed by atoms with van der Waals surface area (Å²) in [6.45, 7) is 6.38. The fraction of sp³-hybridized carbons (Fsp3) is 0.455. The lowest BCUT2D eigenvalue weighted by Gasteiger charge is -2.12. The molecule has 0 heterocycles. The van der Waals surface area contributed by atoms with E-state index in [1.165, 1.54) is 11.1 Å². The molecular weight excluding hydrogens is 226 g/mol. The molecule has 0 aliphatic heterocycles. The van der Waals surface area contributed by atoms with E-state index in [-0.39, 0.29) is 6.04 Å². The van der Waals surface area contributed by atoms with Gasteiger partial charge in [-0.25, -0.2) is 0 Å². The Bertz CT molecular complexity index is 292. The third-order valence-electron chi connectivity index (χ3n) is 2.18. The molecule has 72 valence electrons. The molecule has 2 heteroatoms. The molecular formula is C11H16BrN. The Hall–Kier alpha value is -0.340. The number of hydrogen-bond acceptors (Lipinski definition) is 1. The normalized spacial score (nSPS) is 13.4. The first-order valence-corrected chi connectivity index (χ1v) is 5.36. The van der Waals surface area contributed by atoms with E-state index in [4.69, 9.17) is 5.73 Å². The van der Waals surface area contributed by atoms with Crippen LogP contribution in [0.4, 0.5) is 0 Å². The van der Waals surface area contributed by atoms with E-state index >= 15 is 0 Å². The molecule has 1 atom stereocenters. The molecule has 0 saturated heterocycles. The van der Waals surface area contributed by atoms with Crippen LogP contribution in [0.15, 0.2) is 22.7 Å². The van der Waals surface area contributed by atoms with Crippen molar-refractivity contribution < 1.29 is 0 Å². The molecule has 0 amide bonds. The third-order valence-corrected chi connectivity index (χ3v) is 2.90. The lowest BCUT2D eigenvalue weighted by Crippen LogP contribution is -2.06. The summed E-state index contributed by atoms with van der Waals surface area (Å²) in [6, 6.07) is 6.49. The molecule has 1 unspecified atom stereocenters. The van der Waals surface area contributed by atoms with Gasteiger partial charge in [-0.15, -0.1) is 0 Å². The van der Waals surface area contributed by atoms with Gasteiger partial charge in [-0.2, -0.15) is 0 Å². The van der Waals surface area contributed by atoms with Gasteiger partial charge < -0.3 is 5.73 Å². The zero-order valence-corrected chi connectivity index (χ0v) is 9.93. The molecule has 0 spiro atoms. The number of halogens is 1. The van der Waals surface area contributed by atoms with Crippen LogP contribution in [0, 0.1) is 0 Å². The van der Waals surface area contributed by atoms with Crippen molar-refractivity contribution >= 4 is 15.9 Å². The lowest BCUT2D eigenvalue weighted by atomic mass is 9.99. The summed E-state index contributed by atoms with van der Waals surface area (Å²) in [5, 5.41) is 0. The maximum atomic E-state index is 5.85. The van der Waals surface area contributed by atoms with Crippen LogP contribution in [-0.4, -0.2) is 0 Å². The number of rotatable bonds is 2. The smallest absolute Gasteiger partial charge is 0.0277 e. The summed E-state index contributed by atoms with van der Waals surface area (Å²) < 4.78 is 1.10. The zero-order valence-electron chi connectivity index (χ0n) is 8.34. The Morgan fingerprint density at radius 1 is 1.23 bits per heavy atom. The molecule has 0 aromatic heterocycles.